The molecule has 0 spiro atoms. The molecular weight excluding hydrogens is 416 g/mol. The number of hydrogen-bond acceptors (Lipinski definition) is 8. The van der Waals surface area contributed by atoms with Gasteiger partial charge in [-0.1, -0.05) is 11.8 Å². The molecule has 1 heterocycles. The van der Waals surface area contributed by atoms with Crippen LogP contribution in [0.3, 0.4) is 0 Å². The van der Waals surface area contributed by atoms with Gasteiger partial charge in [-0.05, 0) is 36.1 Å². The molecule has 2 rings (SSSR count). The first-order valence-corrected chi connectivity index (χ1v) is 10.5. The number of carbonyl (C=O) groups is 2. The van der Waals surface area contributed by atoms with E-state index in [1.54, 1.807) is 12.1 Å². The minimum absolute atomic E-state index is 0.190. The maximum absolute atomic E-state index is 12.6. The van der Waals surface area contributed by atoms with Gasteiger partial charge < -0.3 is 20.3 Å². The van der Waals surface area contributed by atoms with Crippen molar-refractivity contribution in [3.63, 3.8) is 0 Å². The molecule has 2 amide bonds. The zero-order valence-corrected chi connectivity index (χ0v) is 16.8. The second-order valence-corrected chi connectivity index (χ2v) is 8.72. The maximum atomic E-state index is 12.6. The number of hydroxylamine groups is 1. The van der Waals surface area contributed by atoms with Gasteiger partial charge >= 0.3 is 0 Å². The molecule has 2 unspecified atom stereocenters. The van der Waals surface area contributed by atoms with Gasteiger partial charge in [0.05, 0.1) is 18.1 Å². The van der Waals surface area contributed by atoms with Crippen LogP contribution >= 0.6 is 10.6 Å². The summed E-state index contributed by atoms with van der Waals surface area (Å²) >= 11 is 0. The topological polar surface area (TPSA) is 169 Å². The summed E-state index contributed by atoms with van der Waals surface area (Å²) in [6.45, 7) is -0.489. The summed E-state index contributed by atoms with van der Waals surface area (Å²) in [7, 11) is -1.63. The number of benzene rings is 1. The predicted molar refractivity (Wildman–Crippen MR) is 108 cm³/mol. The van der Waals surface area contributed by atoms with Crippen molar-refractivity contribution in [2.24, 2.45) is 0 Å². The standard InChI is InChI=1S/C19H22N2O8S/c1-29-19(11-30(27,28)12-19)16(18(25)21-26)20-17(24)14-8-6-13(7-9-14)4-2-3-5-15(23)10-22/h6-9,15-16,22-23,26-28H,10-12H2,1H3,(H,20,24)(H,21,25). The molecule has 1 saturated heterocycles. The first-order chi connectivity index (χ1) is 14.2. The zero-order chi connectivity index (χ0) is 22.4. The molecule has 10 nitrogen and oxygen atoms in total. The van der Waals surface area contributed by atoms with E-state index >= 15 is 0 Å². The number of aliphatic hydroxyl groups is 2. The van der Waals surface area contributed by atoms with Crippen LogP contribution in [0.15, 0.2) is 24.3 Å². The summed E-state index contributed by atoms with van der Waals surface area (Å²) < 4.78 is 24.7. The number of nitrogens with one attached hydrogen (secondary N) is 2. The van der Waals surface area contributed by atoms with Crippen LogP contribution in [0.2, 0.25) is 0 Å². The van der Waals surface area contributed by atoms with E-state index in [2.05, 4.69) is 29.0 Å². The molecule has 1 aliphatic heterocycles. The Hall–Kier alpha value is -2.61. The van der Waals surface area contributed by atoms with Crippen LogP contribution in [-0.2, 0) is 9.53 Å². The van der Waals surface area contributed by atoms with E-state index in [-0.39, 0.29) is 17.1 Å². The van der Waals surface area contributed by atoms with Crippen LogP contribution in [0.25, 0.3) is 0 Å². The molecule has 7 N–H and O–H groups in total. The van der Waals surface area contributed by atoms with Gasteiger partial charge in [-0.3, -0.25) is 23.9 Å². The van der Waals surface area contributed by atoms with Gasteiger partial charge in [0.2, 0.25) is 0 Å². The number of carbonyl (C=O) groups excluding carboxylic acids is 2. The zero-order valence-electron chi connectivity index (χ0n) is 16.0. The Morgan fingerprint density at radius 2 is 1.87 bits per heavy atom. The quantitative estimate of drug-likeness (QED) is 0.171. The third-order valence-electron chi connectivity index (χ3n) is 4.36. The number of hydrogen-bond donors (Lipinski definition) is 7. The fraction of sp³-hybridized carbons (Fsp3) is 0.368. The lowest BCUT2D eigenvalue weighted by molar-refractivity contribution is -0.138. The second kappa shape index (κ2) is 9.93. The molecule has 0 radical (unpaired) electrons. The third kappa shape index (κ3) is 5.72. The van der Waals surface area contributed by atoms with Crippen LogP contribution < -0.4 is 10.8 Å². The molecule has 1 aromatic rings. The molecule has 30 heavy (non-hydrogen) atoms. The smallest absolute Gasteiger partial charge is 0.269 e. The van der Waals surface area contributed by atoms with Crippen molar-refractivity contribution in [3.8, 4) is 23.7 Å². The van der Waals surface area contributed by atoms with Gasteiger partial charge in [0.15, 0.2) is 0 Å². The molecule has 1 fully saturated rings. The fourth-order valence-corrected chi connectivity index (χ4v) is 4.88. The van der Waals surface area contributed by atoms with Gasteiger partial charge in [-0.15, -0.1) is 0 Å². The lowest BCUT2D eigenvalue weighted by Gasteiger charge is -2.56. The molecule has 0 aliphatic carbocycles. The summed E-state index contributed by atoms with van der Waals surface area (Å²) in [5.74, 6) is 7.80. The minimum atomic E-state index is -2.91. The largest absolute Gasteiger partial charge is 0.393 e. The second-order valence-electron chi connectivity index (χ2n) is 6.54. The van der Waals surface area contributed by atoms with Crippen molar-refractivity contribution in [2.75, 3.05) is 25.2 Å². The highest BCUT2D eigenvalue weighted by Crippen LogP contribution is 2.56. The molecule has 1 aromatic carbocycles. The monoisotopic (exact) mass is 438 g/mol. The first kappa shape index (κ1) is 23.7. The summed E-state index contributed by atoms with van der Waals surface area (Å²) in [6.07, 6.45) is -1.16. The van der Waals surface area contributed by atoms with Crippen LogP contribution in [-0.4, -0.2) is 79.3 Å². The van der Waals surface area contributed by atoms with Gasteiger partial charge in [-0.25, -0.2) is 5.48 Å². The predicted octanol–water partition coefficient (Wildman–Crippen LogP) is -0.852. The van der Waals surface area contributed by atoms with E-state index in [1.807, 2.05) is 0 Å². The minimum Gasteiger partial charge on any atom is -0.393 e. The fourth-order valence-electron chi connectivity index (χ4n) is 2.83. The molecule has 1 aliphatic rings. The molecule has 11 heteroatoms. The highest BCUT2D eigenvalue weighted by Gasteiger charge is 2.57. The van der Waals surface area contributed by atoms with Crippen molar-refractivity contribution in [3.05, 3.63) is 35.4 Å². The van der Waals surface area contributed by atoms with Gasteiger partial charge in [0, 0.05) is 18.2 Å². The number of aliphatic hydroxyl groups excluding tert-OH is 2. The molecule has 0 saturated carbocycles. The lowest BCUT2D eigenvalue weighted by Crippen LogP contribution is -2.69. The summed E-state index contributed by atoms with van der Waals surface area (Å²) in [5, 5.41) is 29.2. The first-order valence-electron chi connectivity index (χ1n) is 8.60. The number of ether oxygens (including phenoxy) is 1. The molecule has 162 valence electrons. The van der Waals surface area contributed by atoms with Crippen molar-refractivity contribution in [1.82, 2.24) is 10.8 Å². The van der Waals surface area contributed by atoms with Crippen molar-refractivity contribution in [1.29, 1.82) is 0 Å². The Bertz CT molecular complexity index is 902. The summed E-state index contributed by atoms with van der Waals surface area (Å²) in [5.41, 5.74) is 0.821. The average molecular weight is 438 g/mol. The SMILES string of the molecule is COC1(C(NC(=O)c2ccc(C#CC#CC(O)CO)cc2)C(=O)NO)CS(O)(O)C1. The van der Waals surface area contributed by atoms with E-state index in [4.69, 9.17) is 20.2 Å². The van der Waals surface area contributed by atoms with Crippen LogP contribution in [0.1, 0.15) is 15.9 Å². The van der Waals surface area contributed by atoms with E-state index in [0.29, 0.717) is 5.56 Å². The lowest BCUT2D eigenvalue weighted by atomic mass is 9.95. The Labute approximate surface area is 174 Å². The normalized spacial score (nSPS) is 18.7. The van der Waals surface area contributed by atoms with E-state index in [9.17, 15) is 18.7 Å². The maximum Gasteiger partial charge on any atom is 0.269 e. The summed E-state index contributed by atoms with van der Waals surface area (Å²) in [4.78, 5) is 24.6. The van der Waals surface area contributed by atoms with Gasteiger partial charge in [0.1, 0.15) is 17.7 Å². The molecular formula is C19H22N2O8S. The van der Waals surface area contributed by atoms with Crippen molar-refractivity contribution < 1.29 is 38.9 Å². The Kier molecular flexibility index (Phi) is 7.83. The Balaban J connectivity index is 2.12. The molecule has 2 atom stereocenters. The molecule has 0 bridgehead atoms. The number of methoxy groups -OCH3 is 1. The Morgan fingerprint density at radius 3 is 2.37 bits per heavy atom. The number of amides is 2. The van der Waals surface area contributed by atoms with Crippen molar-refractivity contribution in [2.45, 2.75) is 17.7 Å². The van der Waals surface area contributed by atoms with E-state index < -0.39 is 46.8 Å². The van der Waals surface area contributed by atoms with Crippen molar-refractivity contribution >= 4 is 22.4 Å². The highest BCUT2D eigenvalue weighted by atomic mass is 32.3. The van der Waals surface area contributed by atoms with Crippen LogP contribution in [0.4, 0.5) is 0 Å². The highest BCUT2D eigenvalue weighted by molar-refractivity contribution is 8.25. The summed E-state index contributed by atoms with van der Waals surface area (Å²) in [6, 6.07) is 4.64. The average Bonchev–Trinajstić information content (AvgIpc) is 2.72. The van der Waals surface area contributed by atoms with Crippen LogP contribution in [0.5, 0.6) is 0 Å². The molecule has 0 aromatic heterocycles. The van der Waals surface area contributed by atoms with Gasteiger partial charge in [0.25, 0.3) is 11.8 Å². The van der Waals surface area contributed by atoms with E-state index in [0.717, 1.165) is 0 Å². The van der Waals surface area contributed by atoms with Crippen LogP contribution in [0, 0.1) is 23.7 Å². The number of rotatable bonds is 6. The third-order valence-corrected chi connectivity index (χ3v) is 6.26. The van der Waals surface area contributed by atoms with E-state index in [1.165, 1.54) is 24.7 Å². The Morgan fingerprint density at radius 1 is 1.23 bits per heavy atom. The van der Waals surface area contributed by atoms with Gasteiger partial charge in [-0.2, -0.15) is 10.6 Å².